The lowest BCUT2D eigenvalue weighted by molar-refractivity contribution is -0.127. The summed E-state index contributed by atoms with van der Waals surface area (Å²) in [5.41, 5.74) is 0.982. The van der Waals surface area contributed by atoms with E-state index in [1.807, 2.05) is 18.2 Å². The highest BCUT2D eigenvalue weighted by Gasteiger charge is 2.33. The Morgan fingerprint density at radius 1 is 1.30 bits per heavy atom. The van der Waals surface area contributed by atoms with Crippen molar-refractivity contribution in [3.8, 4) is 11.5 Å². The maximum atomic E-state index is 12.1. The lowest BCUT2D eigenvalue weighted by Crippen LogP contribution is -2.36. The summed E-state index contributed by atoms with van der Waals surface area (Å²) in [4.78, 5) is 18.6. The van der Waals surface area contributed by atoms with Crippen LogP contribution in [-0.4, -0.2) is 42.5 Å². The van der Waals surface area contributed by atoms with E-state index in [9.17, 15) is 4.79 Å². The second kappa shape index (κ2) is 5.36. The Hall–Kier alpha value is -1.69. The lowest BCUT2D eigenvalue weighted by atomic mass is 10.0. The van der Waals surface area contributed by atoms with Crippen LogP contribution in [0.3, 0.4) is 0 Å². The predicted octanol–water partition coefficient (Wildman–Crippen LogP) is 2.08. The number of hydrogen-bond donors (Lipinski definition) is 0. The van der Waals surface area contributed by atoms with Gasteiger partial charge in [0.15, 0.2) is 16.7 Å². The molecular weight excluding hydrogens is 276 g/mol. The Morgan fingerprint density at radius 3 is 2.85 bits per heavy atom. The maximum Gasteiger partial charge on any atom is 0.231 e. The molecule has 1 aromatic rings. The molecule has 5 nitrogen and oxygen atoms in total. The number of aliphatic imine (C=N–C) groups is 1. The fourth-order valence-electron chi connectivity index (χ4n) is 2.45. The van der Waals surface area contributed by atoms with Crippen molar-refractivity contribution in [1.29, 1.82) is 0 Å². The monoisotopic (exact) mass is 292 g/mol. The highest BCUT2D eigenvalue weighted by atomic mass is 32.2. The van der Waals surface area contributed by atoms with E-state index in [0.717, 1.165) is 23.0 Å². The average Bonchev–Trinajstić information content (AvgIpc) is 2.95. The van der Waals surface area contributed by atoms with E-state index in [2.05, 4.69) is 4.99 Å². The largest absolute Gasteiger partial charge is 0.493 e. The van der Waals surface area contributed by atoms with Gasteiger partial charge in [0.05, 0.1) is 26.7 Å². The van der Waals surface area contributed by atoms with Gasteiger partial charge in [-0.2, -0.15) is 0 Å². The van der Waals surface area contributed by atoms with Gasteiger partial charge in [-0.15, -0.1) is 0 Å². The number of benzene rings is 1. The van der Waals surface area contributed by atoms with Gasteiger partial charge in [0.25, 0.3) is 0 Å². The Morgan fingerprint density at radius 2 is 2.10 bits per heavy atom. The zero-order valence-corrected chi connectivity index (χ0v) is 12.3. The van der Waals surface area contributed by atoms with E-state index >= 15 is 0 Å². The fourth-order valence-corrected chi connectivity index (χ4v) is 3.45. The summed E-state index contributed by atoms with van der Waals surface area (Å²) in [6, 6.07) is 5.57. The first-order chi connectivity index (χ1) is 9.72. The lowest BCUT2D eigenvalue weighted by Gasteiger charge is -2.25. The molecule has 106 valence electrons. The number of nitrogens with zero attached hydrogens (tertiary/aromatic N) is 2. The molecule has 0 aromatic heterocycles. The number of amides is 1. The summed E-state index contributed by atoms with van der Waals surface area (Å²) in [5, 5.41) is 0.848. The van der Waals surface area contributed by atoms with Gasteiger partial charge in [0, 0.05) is 12.3 Å². The Balaban J connectivity index is 1.93. The molecule has 0 bridgehead atoms. The molecule has 0 radical (unpaired) electrons. The maximum absolute atomic E-state index is 12.1. The van der Waals surface area contributed by atoms with Gasteiger partial charge in [-0.05, 0) is 17.7 Å². The third-order valence-corrected chi connectivity index (χ3v) is 4.48. The minimum atomic E-state index is -0.126. The molecule has 1 amide bonds. The van der Waals surface area contributed by atoms with Gasteiger partial charge in [-0.25, -0.2) is 0 Å². The van der Waals surface area contributed by atoms with Gasteiger partial charge in [-0.3, -0.25) is 14.7 Å². The van der Waals surface area contributed by atoms with Gasteiger partial charge in [0.1, 0.15) is 0 Å². The van der Waals surface area contributed by atoms with E-state index in [0.29, 0.717) is 17.9 Å². The van der Waals surface area contributed by atoms with Crippen molar-refractivity contribution in [2.24, 2.45) is 4.99 Å². The molecule has 2 aliphatic rings. The van der Waals surface area contributed by atoms with Crippen molar-refractivity contribution in [2.75, 3.05) is 26.5 Å². The second-order valence-corrected chi connectivity index (χ2v) is 5.70. The topological polar surface area (TPSA) is 51.1 Å². The van der Waals surface area contributed by atoms with E-state index in [1.54, 1.807) is 30.9 Å². The molecule has 0 saturated carbocycles. The number of methoxy groups -OCH3 is 2. The third kappa shape index (κ3) is 2.24. The molecule has 20 heavy (non-hydrogen) atoms. The molecule has 0 aliphatic carbocycles. The highest BCUT2D eigenvalue weighted by molar-refractivity contribution is 8.14. The molecular formula is C14H16N2O3S. The number of fused-ring (bicyclic) bond motifs is 1. The van der Waals surface area contributed by atoms with Crippen LogP contribution in [-0.2, 0) is 4.79 Å². The van der Waals surface area contributed by atoms with Crippen LogP contribution in [0.1, 0.15) is 18.0 Å². The first-order valence-electron chi connectivity index (χ1n) is 6.46. The van der Waals surface area contributed by atoms with Crippen molar-refractivity contribution in [1.82, 2.24) is 4.90 Å². The minimum absolute atomic E-state index is 0.126. The van der Waals surface area contributed by atoms with Crippen molar-refractivity contribution in [3.05, 3.63) is 23.8 Å². The van der Waals surface area contributed by atoms with E-state index in [-0.39, 0.29) is 11.9 Å². The zero-order chi connectivity index (χ0) is 14.1. The summed E-state index contributed by atoms with van der Waals surface area (Å²) in [7, 11) is 3.21. The first kappa shape index (κ1) is 13.3. The standard InChI is InChI=1S/C14H16N2O3S/c1-18-11-4-3-9(7-12(11)19-2)10-8-13(17)16-5-6-20-14(16)15-10/h3-4,7,10H,5-6,8H2,1-2H3/t10-/m0/s1. The number of ether oxygens (including phenoxy) is 2. The third-order valence-electron chi connectivity index (χ3n) is 3.50. The molecule has 2 heterocycles. The van der Waals surface area contributed by atoms with Crippen molar-refractivity contribution < 1.29 is 14.3 Å². The first-order valence-corrected chi connectivity index (χ1v) is 7.44. The van der Waals surface area contributed by atoms with Crippen LogP contribution in [0.4, 0.5) is 0 Å². The van der Waals surface area contributed by atoms with Crippen molar-refractivity contribution in [2.45, 2.75) is 12.5 Å². The molecule has 0 spiro atoms. The number of hydrogen-bond acceptors (Lipinski definition) is 5. The van der Waals surface area contributed by atoms with E-state index < -0.39 is 0 Å². The predicted molar refractivity (Wildman–Crippen MR) is 78.5 cm³/mol. The SMILES string of the molecule is COc1ccc([C@@H]2CC(=O)N3CCSC3=N2)cc1OC. The summed E-state index contributed by atoms with van der Waals surface area (Å²) in [6.07, 6.45) is 0.416. The highest BCUT2D eigenvalue weighted by Crippen LogP contribution is 2.36. The van der Waals surface area contributed by atoms with Crippen LogP contribution in [0.25, 0.3) is 0 Å². The quantitative estimate of drug-likeness (QED) is 0.856. The number of rotatable bonds is 3. The van der Waals surface area contributed by atoms with Gasteiger partial charge in [0.2, 0.25) is 5.91 Å². The Labute approximate surface area is 122 Å². The number of thioether (sulfide) groups is 1. The van der Waals surface area contributed by atoms with Crippen LogP contribution in [0.15, 0.2) is 23.2 Å². The number of carbonyl (C=O) groups excluding carboxylic acids is 1. The van der Waals surface area contributed by atoms with Crippen LogP contribution in [0.5, 0.6) is 11.5 Å². The average molecular weight is 292 g/mol. The smallest absolute Gasteiger partial charge is 0.231 e. The Bertz CT molecular complexity index is 574. The van der Waals surface area contributed by atoms with Gasteiger partial charge >= 0.3 is 0 Å². The van der Waals surface area contributed by atoms with Crippen LogP contribution in [0.2, 0.25) is 0 Å². The molecule has 2 aliphatic heterocycles. The molecule has 1 aromatic carbocycles. The zero-order valence-electron chi connectivity index (χ0n) is 11.5. The van der Waals surface area contributed by atoms with Gasteiger partial charge in [-0.1, -0.05) is 17.8 Å². The van der Waals surface area contributed by atoms with Crippen LogP contribution < -0.4 is 9.47 Å². The minimum Gasteiger partial charge on any atom is -0.493 e. The normalized spacial score (nSPS) is 21.5. The van der Waals surface area contributed by atoms with Crippen LogP contribution in [0, 0.1) is 0 Å². The molecule has 0 N–H and O–H groups in total. The van der Waals surface area contributed by atoms with Crippen molar-refractivity contribution >= 4 is 22.8 Å². The Kier molecular flexibility index (Phi) is 3.56. The molecule has 1 fully saturated rings. The molecule has 1 atom stereocenters. The number of amidine groups is 1. The van der Waals surface area contributed by atoms with Gasteiger partial charge < -0.3 is 9.47 Å². The van der Waals surface area contributed by atoms with Crippen molar-refractivity contribution in [3.63, 3.8) is 0 Å². The summed E-state index contributed by atoms with van der Waals surface area (Å²) in [5.74, 6) is 2.44. The molecule has 0 unspecified atom stereocenters. The van der Waals surface area contributed by atoms with Crippen LogP contribution >= 0.6 is 11.8 Å². The summed E-state index contributed by atoms with van der Waals surface area (Å²) < 4.78 is 10.5. The molecule has 6 heteroatoms. The molecule has 1 saturated heterocycles. The summed E-state index contributed by atoms with van der Waals surface area (Å²) in [6.45, 7) is 0.779. The summed E-state index contributed by atoms with van der Waals surface area (Å²) >= 11 is 1.65. The van der Waals surface area contributed by atoms with E-state index in [4.69, 9.17) is 9.47 Å². The molecule has 3 rings (SSSR count). The second-order valence-electron chi connectivity index (χ2n) is 4.64. The van der Waals surface area contributed by atoms with E-state index in [1.165, 1.54) is 0 Å². The fraction of sp³-hybridized carbons (Fsp3) is 0.429. The number of carbonyl (C=O) groups is 1.